The van der Waals surface area contributed by atoms with Crippen LogP contribution in [0.1, 0.15) is 23.7 Å². The molecule has 2 rings (SSSR count). The molecule has 0 atom stereocenters. The number of anilines is 2. The van der Waals surface area contributed by atoms with Gasteiger partial charge in [-0.05, 0) is 43.2 Å². The number of benzene rings is 1. The van der Waals surface area contributed by atoms with Crippen LogP contribution in [0.2, 0.25) is 0 Å². The molecule has 18 heavy (non-hydrogen) atoms. The Hall–Kier alpha value is -2.34. The van der Waals surface area contributed by atoms with Crippen molar-refractivity contribution in [1.82, 2.24) is 4.98 Å². The molecule has 0 aliphatic carbocycles. The van der Waals surface area contributed by atoms with Crippen molar-refractivity contribution in [2.75, 3.05) is 5.32 Å². The Morgan fingerprint density at radius 1 is 1.22 bits per heavy atom. The van der Waals surface area contributed by atoms with Gasteiger partial charge in [0, 0.05) is 11.4 Å². The Labute approximate surface area is 107 Å². The van der Waals surface area contributed by atoms with E-state index in [0.29, 0.717) is 11.4 Å². The average molecular weight is 237 g/mol. The minimum absolute atomic E-state index is 0.621. The first-order chi connectivity index (χ1) is 8.71. The molecule has 0 saturated carbocycles. The van der Waals surface area contributed by atoms with E-state index in [-0.39, 0.29) is 0 Å². The third-order valence-electron chi connectivity index (χ3n) is 2.72. The molecular weight excluding hydrogens is 222 g/mol. The summed E-state index contributed by atoms with van der Waals surface area (Å²) in [5.41, 5.74) is 3.74. The van der Waals surface area contributed by atoms with Crippen molar-refractivity contribution in [3.05, 3.63) is 53.2 Å². The van der Waals surface area contributed by atoms with E-state index in [1.54, 1.807) is 12.1 Å². The van der Waals surface area contributed by atoms with E-state index < -0.39 is 0 Å². The summed E-state index contributed by atoms with van der Waals surface area (Å²) in [6.07, 6.45) is 1.03. The quantitative estimate of drug-likeness (QED) is 0.887. The second kappa shape index (κ2) is 5.33. The molecule has 0 spiro atoms. The zero-order valence-electron chi connectivity index (χ0n) is 10.6. The zero-order chi connectivity index (χ0) is 13.0. The van der Waals surface area contributed by atoms with E-state index in [9.17, 15) is 0 Å². The fraction of sp³-hybridized carbons (Fsp3) is 0.200. The molecule has 0 amide bonds. The minimum Gasteiger partial charge on any atom is -0.340 e. The first-order valence-electron chi connectivity index (χ1n) is 5.96. The van der Waals surface area contributed by atoms with Gasteiger partial charge < -0.3 is 5.32 Å². The number of aryl methyl sites for hydroxylation is 2. The number of nitrogens with one attached hydrogen (secondary N) is 1. The molecule has 3 heteroatoms. The molecular formula is C15H15N3. The lowest BCUT2D eigenvalue weighted by molar-refractivity contribution is 1.14. The van der Waals surface area contributed by atoms with Crippen LogP contribution in [-0.4, -0.2) is 4.98 Å². The van der Waals surface area contributed by atoms with Crippen molar-refractivity contribution in [2.24, 2.45) is 0 Å². The third kappa shape index (κ3) is 2.86. The van der Waals surface area contributed by atoms with Crippen LogP contribution in [-0.2, 0) is 6.42 Å². The standard InChI is InChI=1S/C15H15N3/c1-3-12-4-6-14(7-5-12)18-15-9-13(10-16)8-11(2)17-15/h4-9H,3H2,1-2H3,(H,17,18). The van der Waals surface area contributed by atoms with E-state index in [1.807, 2.05) is 19.1 Å². The topological polar surface area (TPSA) is 48.7 Å². The van der Waals surface area contributed by atoms with Crippen LogP contribution in [0.15, 0.2) is 36.4 Å². The van der Waals surface area contributed by atoms with Gasteiger partial charge in [-0.2, -0.15) is 5.26 Å². The van der Waals surface area contributed by atoms with Crippen molar-refractivity contribution in [3.63, 3.8) is 0 Å². The number of nitriles is 1. The van der Waals surface area contributed by atoms with Gasteiger partial charge in [-0.25, -0.2) is 4.98 Å². The molecule has 2 aromatic rings. The highest BCUT2D eigenvalue weighted by Gasteiger charge is 2.00. The van der Waals surface area contributed by atoms with Gasteiger partial charge in [0.2, 0.25) is 0 Å². The monoisotopic (exact) mass is 237 g/mol. The van der Waals surface area contributed by atoms with Crippen molar-refractivity contribution < 1.29 is 0 Å². The van der Waals surface area contributed by atoms with Gasteiger partial charge in [0.05, 0.1) is 11.6 Å². The van der Waals surface area contributed by atoms with E-state index in [0.717, 1.165) is 17.8 Å². The van der Waals surface area contributed by atoms with Crippen molar-refractivity contribution >= 4 is 11.5 Å². The molecule has 0 fully saturated rings. The summed E-state index contributed by atoms with van der Waals surface area (Å²) >= 11 is 0. The van der Waals surface area contributed by atoms with Crippen LogP contribution in [0.3, 0.4) is 0 Å². The number of pyridine rings is 1. The molecule has 0 aliphatic rings. The van der Waals surface area contributed by atoms with Crippen molar-refractivity contribution in [3.8, 4) is 6.07 Å². The van der Waals surface area contributed by atoms with Crippen LogP contribution in [0.25, 0.3) is 0 Å². The summed E-state index contributed by atoms with van der Waals surface area (Å²) in [6, 6.07) is 13.9. The first-order valence-corrected chi connectivity index (χ1v) is 5.96. The molecule has 0 bridgehead atoms. The summed E-state index contributed by atoms with van der Waals surface area (Å²) in [7, 11) is 0. The number of aromatic nitrogens is 1. The molecule has 3 nitrogen and oxygen atoms in total. The maximum atomic E-state index is 8.92. The number of nitrogens with zero attached hydrogens (tertiary/aromatic N) is 2. The van der Waals surface area contributed by atoms with Crippen LogP contribution in [0.5, 0.6) is 0 Å². The van der Waals surface area contributed by atoms with Crippen LogP contribution < -0.4 is 5.32 Å². The van der Waals surface area contributed by atoms with Gasteiger partial charge in [0.15, 0.2) is 0 Å². The van der Waals surface area contributed by atoms with Crippen molar-refractivity contribution in [2.45, 2.75) is 20.3 Å². The van der Waals surface area contributed by atoms with Gasteiger partial charge >= 0.3 is 0 Å². The smallest absolute Gasteiger partial charge is 0.131 e. The summed E-state index contributed by atoms with van der Waals surface area (Å²) in [5.74, 6) is 0.704. The Bertz CT molecular complexity index is 580. The summed E-state index contributed by atoms with van der Waals surface area (Å²) in [6.45, 7) is 4.01. The van der Waals surface area contributed by atoms with Crippen molar-refractivity contribution in [1.29, 1.82) is 5.26 Å². The second-order valence-electron chi connectivity index (χ2n) is 4.17. The lowest BCUT2D eigenvalue weighted by atomic mass is 10.1. The van der Waals surface area contributed by atoms with E-state index in [4.69, 9.17) is 5.26 Å². The SMILES string of the molecule is CCc1ccc(Nc2cc(C#N)cc(C)n2)cc1. The molecule has 0 radical (unpaired) electrons. The Balaban J connectivity index is 2.22. The van der Waals surface area contributed by atoms with Crippen LogP contribution in [0, 0.1) is 18.3 Å². The van der Waals surface area contributed by atoms with Gasteiger partial charge in [0.1, 0.15) is 5.82 Å². The third-order valence-corrected chi connectivity index (χ3v) is 2.72. The maximum absolute atomic E-state index is 8.92. The second-order valence-corrected chi connectivity index (χ2v) is 4.17. The highest BCUT2D eigenvalue weighted by molar-refractivity contribution is 5.58. The van der Waals surface area contributed by atoms with E-state index >= 15 is 0 Å². The fourth-order valence-electron chi connectivity index (χ4n) is 1.77. The normalized spacial score (nSPS) is 9.83. The Morgan fingerprint density at radius 3 is 2.56 bits per heavy atom. The van der Waals surface area contributed by atoms with Gasteiger partial charge in [0.25, 0.3) is 0 Å². The molecule has 90 valence electrons. The summed E-state index contributed by atoms with van der Waals surface area (Å²) in [5, 5.41) is 12.1. The maximum Gasteiger partial charge on any atom is 0.131 e. The molecule has 1 aromatic heterocycles. The van der Waals surface area contributed by atoms with Crippen LogP contribution >= 0.6 is 0 Å². The van der Waals surface area contributed by atoms with Gasteiger partial charge in [-0.3, -0.25) is 0 Å². The molecule has 1 N–H and O–H groups in total. The molecule has 0 aliphatic heterocycles. The van der Waals surface area contributed by atoms with E-state index in [2.05, 4.69) is 35.4 Å². The largest absolute Gasteiger partial charge is 0.340 e. The predicted octanol–water partition coefficient (Wildman–Crippen LogP) is 3.57. The first kappa shape index (κ1) is 12.1. The molecule has 0 saturated heterocycles. The average Bonchev–Trinajstić information content (AvgIpc) is 2.39. The van der Waals surface area contributed by atoms with Crippen LogP contribution in [0.4, 0.5) is 11.5 Å². The highest BCUT2D eigenvalue weighted by atomic mass is 15.0. The molecule has 1 aromatic carbocycles. The van der Waals surface area contributed by atoms with Gasteiger partial charge in [-0.1, -0.05) is 19.1 Å². The number of hydrogen-bond donors (Lipinski definition) is 1. The predicted molar refractivity (Wildman–Crippen MR) is 72.8 cm³/mol. The Morgan fingerprint density at radius 2 is 1.94 bits per heavy atom. The summed E-state index contributed by atoms with van der Waals surface area (Å²) in [4.78, 5) is 4.36. The van der Waals surface area contributed by atoms with E-state index in [1.165, 1.54) is 5.56 Å². The number of rotatable bonds is 3. The Kier molecular flexibility index (Phi) is 3.59. The number of hydrogen-bond acceptors (Lipinski definition) is 3. The van der Waals surface area contributed by atoms with Gasteiger partial charge in [-0.15, -0.1) is 0 Å². The minimum atomic E-state index is 0.621. The fourth-order valence-corrected chi connectivity index (χ4v) is 1.77. The molecule has 1 heterocycles. The molecule has 0 unspecified atom stereocenters. The zero-order valence-corrected chi connectivity index (χ0v) is 10.6. The highest BCUT2D eigenvalue weighted by Crippen LogP contribution is 2.17. The lowest BCUT2D eigenvalue weighted by Crippen LogP contribution is -1.96. The summed E-state index contributed by atoms with van der Waals surface area (Å²) < 4.78 is 0. The lowest BCUT2D eigenvalue weighted by Gasteiger charge is -2.07.